The van der Waals surface area contributed by atoms with E-state index in [9.17, 15) is 9.59 Å². The van der Waals surface area contributed by atoms with E-state index in [4.69, 9.17) is 9.47 Å². The van der Waals surface area contributed by atoms with Gasteiger partial charge in [-0.2, -0.15) is 0 Å². The first kappa shape index (κ1) is 25.9. The van der Waals surface area contributed by atoms with E-state index < -0.39 is 12.2 Å². The number of aromatic nitrogens is 2. The smallest absolute Gasteiger partial charge is 0.203 e. The zero-order valence-electron chi connectivity index (χ0n) is 22.1. The minimum absolute atomic E-state index is 0.0338. The third-order valence-electron chi connectivity index (χ3n) is 6.86. The molecule has 0 fully saturated rings. The number of pyridine rings is 2. The molecule has 2 unspecified atom stereocenters. The van der Waals surface area contributed by atoms with E-state index in [1.54, 1.807) is 73.1 Å². The average Bonchev–Trinajstić information content (AvgIpc) is 3.04. The second kappa shape index (κ2) is 11.8. The lowest BCUT2D eigenvalue weighted by Crippen LogP contribution is -2.38. The molecule has 2 atom stereocenters. The number of carbonyl (C=O) groups is 2. The molecule has 0 aliphatic carbocycles. The molecule has 0 spiro atoms. The maximum Gasteiger partial charge on any atom is 0.203 e. The quantitative estimate of drug-likeness (QED) is 0.173. The van der Waals surface area contributed by atoms with Crippen LogP contribution in [0.4, 0.5) is 0 Å². The molecule has 6 heteroatoms. The number of Topliss-reactive ketones (excluding diaryl/α,β-unsaturated/α-hetero) is 2. The van der Waals surface area contributed by atoms with Gasteiger partial charge in [0.1, 0.15) is 22.5 Å². The molecule has 0 bridgehead atoms. The number of benzene rings is 4. The standard InChI is InChI=1S/C35H26N2O4/c38-34(26-11-3-1-4-12-26)30(40-28-19-7-15-24-17-9-21-36-32(24)28)23-31(35(39)27-13-5-2-6-14-27)41-29-20-8-16-25-18-10-22-37-33(25)29/h1-22,30-31H,23H2. The molecule has 0 amide bonds. The van der Waals surface area contributed by atoms with Gasteiger partial charge in [0.05, 0.1) is 0 Å². The molecule has 2 aromatic heterocycles. The van der Waals surface area contributed by atoms with Gasteiger partial charge in [-0.1, -0.05) is 97.1 Å². The highest BCUT2D eigenvalue weighted by Gasteiger charge is 2.32. The Balaban J connectivity index is 1.41. The number of hydrogen-bond donors (Lipinski definition) is 0. The van der Waals surface area contributed by atoms with Gasteiger partial charge in [-0.15, -0.1) is 0 Å². The van der Waals surface area contributed by atoms with Crippen LogP contribution in [-0.2, 0) is 0 Å². The summed E-state index contributed by atoms with van der Waals surface area (Å²) < 4.78 is 12.9. The molecule has 200 valence electrons. The van der Waals surface area contributed by atoms with Crippen LogP contribution in [0.1, 0.15) is 27.1 Å². The number of ketones is 2. The number of ether oxygens (including phenoxy) is 2. The van der Waals surface area contributed by atoms with Gasteiger partial charge in [-0.3, -0.25) is 19.6 Å². The zero-order valence-corrected chi connectivity index (χ0v) is 22.1. The average molecular weight is 539 g/mol. The summed E-state index contributed by atoms with van der Waals surface area (Å²) in [5, 5.41) is 1.76. The van der Waals surface area contributed by atoms with Gasteiger partial charge in [-0.25, -0.2) is 0 Å². The molecule has 6 nitrogen and oxygen atoms in total. The molecule has 4 aromatic carbocycles. The second-order valence-corrected chi connectivity index (χ2v) is 9.57. The van der Waals surface area contributed by atoms with Crippen LogP contribution >= 0.6 is 0 Å². The maximum absolute atomic E-state index is 13.9. The first-order valence-electron chi connectivity index (χ1n) is 13.4. The first-order valence-corrected chi connectivity index (χ1v) is 13.4. The van der Waals surface area contributed by atoms with Crippen LogP contribution in [-0.4, -0.2) is 33.7 Å². The Hall–Kier alpha value is -5.36. The fraction of sp³-hybridized carbons (Fsp3) is 0.0857. The molecule has 6 rings (SSSR count). The second-order valence-electron chi connectivity index (χ2n) is 9.57. The fourth-order valence-electron chi connectivity index (χ4n) is 4.84. The first-order chi connectivity index (χ1) is 20.2. The monoisotopic (exact) mass is 538 g/mol. The van der Waals surface area contributed by atoms with Crippen LogP contribution in [0.25, 0.3) is 21.8 Å². The van der Waals surface area contributed by atoms with Crippen molar-refractivity contribution in [1.82, 2.24) is 9.97 Å². The van der Waals surface area contributed by atoms with Gasteiger partial charge in [0.15, 0.2) is 12.2 Å². The number of rotatable bonds is 10. The van der Waals surface area contributed by atoms with Crippen molar-refractivity contribution in [3.63, 3.8) is 0 Å². The van der Waals surface area contributed by atoms with E-state index in [0.29, 0.717) is 33.7 Å². The summed E-state index contributed by atoms with van der Waals surface area (Å²) in [6.45, 7) is 0. The van der Waals surface area contributed by atoms with Crippen molar-refractivity contribution < 1.29 is 19.1 Å². The van der Waals surface area contributed by atoms with Crippen LogP contribution < -0.4 is 9.47 Å². The molecular formula is C35H26N2O4. The van der Waals surface area contributed by atoms with Crippen LogP contribution in [0.15, 0.2) is 134 Å². The Morgan fingerprint density at radius 3 is 1.37 bits per heavy atom. The molecule has 2 heterocycles. The summed E-state index contributed by atoms with van der Waals surface area (Å²) in [5.41, 5.74) is 2.21. The lowest BCUT2D eigenvalue weighted by Gasteiger charge is -2.25. The predicted molar refractivity (Wildman–Crippen MR) is 158 cm³/mol. The zero-order chi connectivity index (χ0) is 28.0. The minimum Gasteiger partial charge on any atom is -0.480 e. The summed E-state index contributed by atoms with van der Waals surface area (Å²) in [6.07, 6.45) is 1.26. The fourth-order valence-corrected chi connectivity index (χ4v) is 4.84. The Labute approximate surface area is 237 Å². The molecule has 0 aliphatic rings. The van der Waals surface area contributed by atoms with Crippen molar-refractivity contribution in [3.8, 4) is 11.5 Å². The van der Waals surface area contributed by atoms with Gasteiger partial charge >= 0.3 is 0 Å². The normalized spacial score (nSPS) is 12.5. The third-order valence-corrected chi connectivity index (χ3v) is 6.86. The molecule has 0 saturated heterocycles. The molecule has 41 heavy (non-hydrogen) atoms. The van der Waals surface area contributed by atoms with E-state index in [1.165, 1.54) is 0 Å². The predicted octanol–water partition coefficient (Wildman–Crippen LogP) is 7.13. The lowest BCUT2D eigenvalue weighted by molar-refractivity contribution is 0.0593. The lowest BCUT2D eigenvalue weighted by atomic mass is 9.96. The van der Waals surface area contributed by atoms with Gasteiger partial charge in [0, 0.05) is 40.7 Å². The van der Waals surface area contributed by atoms with Crippen LogP contribution in [0.3, 0.4) is 0 Å². The number of nitrogens with zero attached hydrogens (tertiary/aromatic N) is 2. The number of hydrogen-bond acceptors (Lipinski definition) is 6. The van der Waals surface area contributed by atoms with E-state index in [-0.39, 0.29) is 18.0 Å². The Kier molecular flexibility index (Phi) is 7.45. The van der Waals surface area contributed by atoms with E-state index in [0.717, 1.165) is 10.8 Å². The number of para-hydroxylation sites is 2. The van der Waals surface area contributed by atoms with Crippen molar-refractivity contribution in [2.24, 2.45) is 0 Å². The van der Waals surface area contributed by atoms with Gasteiger partial charge < -0.3 is 9.47 Å². The molecule has 0 saturated carbocycles. The van der Waals surface area contributed by atoms with Crippen LogP contribution in [0, 0.1) is 0 Å². The van der Waals surface area contributed by atoms with Crippen molar-refractivity contribution in [3.05, 3.63) is 145 Å². The van der Waals surface area contributed by atoms with E-state index >= 15 is 0 Å². The van der Waals surface area contributed by atoms with Gasteiger partial charge in [0.25, 0.3) is 0 Å². The summed E-state index contributed by atoms with van der Waals surface area (Å²) >= 11 is 0. The van der Waals surface area contributed by atoms with Crippen molar-refractivity contribution in [2.75, 3.05) is 0 Å². The van der Waals surface area contributed by atoms with Crippen molar-refractivity contribution in [2.45, 2.75) is 18.6 Å². The summed E-state index contributed by atoms with van der Waals surface area (Å²) in [6, 6.07) is 36.5. The molecular weight excluding hydrogens is 512 g/mol. The number of carbonyl (C=O) groups excluding carboxylic acids is 2. The van der Waals surface area contributed by atoms with Gasteiger partial charge in [-0.05, 0) is 24.3 Å². The largest absolute Gasteiger partial charge is 0.480 e. The van der Waals surface area contributed by atoms with Gasteiger partial charge in [0.2, 0.25) is 11.6 Å². The minimum atomic E-state index is -1.04. The third kappa shape index (κ3) is 5.68. The highest BCUT2D eigenvalue weighted by atomic mass is 16.5. The number of fused-ring (bicyclic) bond motifs is 2. The van der Waals surface area contributed by atoms with E-state index in [1.807, 2.05) is 60.7 Å². The maximum atomic E-state index is 13.9. The summed E-state index contributed by atoms with van der Waals surface area (Å²) in [4.78, 5) is 36.8. The van der Waals surface area contributed by atoms with Crippen molar-refractivity contribution >= 4 is 33.4 Å². The SMILES string of the molecule is O=C(c1ccccc1)C(CC(Oc1cccc2cccnc12)C(=O)c1ccccc1)Oc1cccc2cccnc12. The molecule has 0 aliphatic heterocycles. The Morgan fingerprint density at radius 2 is 0.927 bits per heavy atom. The molecule has 6 aromatic rings. The Morgan fingerprint density at radius 1 is 0.512 bits per heavy atom. The highest BCUT2D eigenvalue weighted by molar-refractivity contribution is 6.03. The summed E-state index contributed by atoms with van der Waals surface area (Å²) in [7, 11) is 0. The topological polar surface area (TPSA) is 78.4 Å². The summed E-state index contributed by atoms with van der Waals surface area (Å²) in [5.74, 6) is 0.387. The van der Waals surface area contributed by atoms with Crippen molar-refractivity contribution in [1.29, 1.82) is 0 Å². The van der Waals surface area contributed by atoms with E-state index in [2.05, 4.69) is 9.97 Å². The van der Waals surface area contributed by atoms with Crippen LogP contribution in [0.2, 0.25) is 0 Å². The van der Waals surface area contributed by atoms with Crippen LogP contribution in [0.5, 0.6) is 11.5 Å². The Bertz CT molecular complexity index is 1680. The molecule has 0 N–H and O–H groups in total. The molecule has 0 radical (unpaired) electrons. The highest BCUT2D eigenvalue weighted by Crippen LogP contribution is 2.29.